The second kappa shape index (κ2) is 6.91. The summed E-state index contributed by atoms with van der Waals surface area (Å²) in [4.78, 5) is 0. The number of rotatable bonds is 7. The topological polar surface area (TPSA) is 21.3 Å². The van der Waals surface area contributed by atoms with Crippen molar-refractivity contribution in [3.63, 3.8) is 0 Å². The lowest BCUT2D eigenvalue weighted by Crippen LogP contribution is -2.38. The molecule has 0 aromatic rings. The summed E-state index contributed by atoms with van der Waals surface area (Å²) in [6.45, 7) is 14.8. The third-order valence-electron chi connectivity index (χ3n) is 4.30. The fraction of sp³-hybridized carbons (Fsp3) is 1.00. The highest BCUT2D eigenvalue weighted by atomic mass is 16.5. The van der Waals surface area contributed by atoms with Gasteiger partial charge in [0.15, 0.2) is 0 Å². The molecule has 3 atom stereocenters. The zero-order chi connectivity index (χ0) is 13.8. The summed E-state index contributed by atoms with van der Waals surface area (Å²) in [5.41, 5.74) is 0.103. The lowest BCUT2D eigenvalue weighted by atomic mass is 9.84. The van der Waals surface area contributed by atoms with Gasteiger partial charge < -0.3 is 10.1 Å². The summed E-state index contributed by atoms with van der Waals surface area (Å²) in [6, 6.07) is 0.595. The van der Waals surface area contributed by atoms with Gasteiger partial charge in [-0.05, 0) is 64.8 Å². The molecule has 0 aliphatic carbocycles. The molecule has 3 unspecified atom stereocenters. The van der Waals surface area contributed by atoms with Gasteiger partial charge in [-0.1, -0.05) is 20.8 Å². The Hall–Kier alpha value is -0.0800. The van der Waals surface area contributed by atoms with Crippen molar-refractivity contribution in [3.8, 4) is 0 Å². The molecule has 1 aliphatic rings. The molecule has 1 N–H and O–H groups in total. The molecule has 0 radical (unpaired) electrons. The first-order valence-corrected chi connectivity index (χ1v) is 7.77. The lowest BCUT2D eigenvalue weighted by Gasteiger charge is -2.31. The van der Waals surface area contributed by atoms with Gasteiger partial charge in [0.05, 0.1) is 11.7 Å². The first kappa shape index (κ1) is 16.0. The highest BCUT2D eigenvalue weighted by Gasteiger charge is 2.34. The van der Waals surface area contributed by atoms with Gasteiger partial charge >= 0.3 is 0 Å². The van der Waals surface area contributed by atoms with Crippen molar-refractivity contribution in [2.45, 2.75) is 85.0 Å². The van der Waals surface area contributed by atoms with Crippen LogP contribution in [0.1, 0.15) is 67.2 Å². The van der Waals surface area contributed by atoms with E-state index in [2.05, 4.69) is 46.9 Å². The molecule has 0 spiro atoms. The van der Waals surface area contributed by atoms with E-state index in [-0.39, 0.29) is 5.60 Å². The van der Waals surface area contributed by atoms with Crippen LogP contribution in [0.25, 0.3) is 0 Å². The van der Waals surface area contributed by atoms with Gasteiger partial charge in [-0.25, -0.2) is 0 Å². The predicted octanol–water partition coefficient (Wildman–Crippen LogP) is 3.99. The van der Waals surface area contributed by atoms with Crippen LogP contribution < -0.4 is 5.32 Å². The van der Waals surface area contributed by atoms with E-state index in [0.717, 1.165) is 18.4 Å². The summed E-state index contributed by atoms with van der Waals surface area (Å²) >= 11 is 0. The molecule has 1 heterocycles. The van der Waals surface area contributed by atoms with Gasteiger partial charge in [0.1, 0.15) is 0 Å². The van der Waals surface area contributed by atoms with Crippen LogP contribution in [0.15, 0.2) is 0 Å². The van der Waals surface area contributed by atoms with Crippen LogP contribution in [0.5, 0.6) is 0 Å². The Morgan fingerprint density at radius 3 is 2.39 bits per heavy atom. The molecule has 1 fully saturated rings. The second-order valence-corrected chi connectivity index (χ2v) is 6.92. The first-order valence-electron chi connectivity index (χ1n) is 7.77. The van der Waals surface area contributed by atoms with Gasteiger partial charge in [-0.2, -0.15) is 0 Å². The van der Waals surface area contributed by atoms with Crippen LogP contribution in [-0.2, 0) is 4.74 Å². The summed E-state index contributed by atoms with van der Waals surface area (Å²) in [6.07, 6.45) is 5.33. The number of ether oxygens (including phenoxy) is 1. The van der Waals surface area contributed by atoms with Crippen molar-refractivity contribution in [2.75, 3.05) is 6.54 Å². The smallest absolute Gasteiger partial charge is 0.0631 e. The zero-order valence-corrected chi connectivity index (χ0v) is 13.3. The average molecular weight is 255 g/mol. The standard InChI is InChI=1S/C16H33NO/c1-7-10-17-13(4)15(12(2)3)11-14-8-9-16(5,6)18-14/h12-15,17H,7-11H2,1-6H3. The Bertz CT molecular complexity index is 237. The van der Waals surface area contributed by atoms with Crippen LogP contribution in [0.3, 0.4) is 0 Å². The number of nitrogens with one attached hydrogen (secondary N) is 1. The normalized spacial score (nSPS) is 26.5. The molecule has 1 rings (SSSR count). The summed E-state index contributed by atoms with van der Waals surface area (Å²) in [5, 5.41) is 3.65. The molecular weight excluding hydrogens is 222 g/mol. The SMILES string of the molecule is CCCNC(C)C(CC1CCC(C)(C)O1)C(C)C. The minimum Gasteiger partial charge on any atom is -0.372 e. The molecule has 1 saturated heterocycles. The highest BCUT2D eigenvalue weighted by molar-refractivity contribution is 4.85. The fourth-order valence-electron chi connectivity index (χ4n) is 3.12. The maximum Gasteiger partial charge on any atom is 0.0631 e. The minimum atomic E-state index is 0.103. The molecule has 18 heavy (non-hydrogen) atoms. The van der Waals surface area contributed by atoms with Crippen LogP contribution >= 0.6 is 0 Å². The largest absolute Gasteiger partial charge is 0.372 e. The van der Waals surface area contributed by atoms with Gasteiger partial charge in [-0.15, -0.1) is 0 Å². The zero-order valence-electron chi connectivity index (χ0n) is 13.3. The summed E-state index contributed by atoms with van der Waals surface area (Å²) in [7, 11) is 0. The van der Waals surface area contributed by atoms with Crippen molar-refractivity contribution in [1.82, 2.24) is 5.32 Å². The first-order chi connectivity index (χ1) is 8.35. The summed E-state index contributed by atoms with van der Waals surface area (Å²) in [5.74, 6) is 1.44. The van der Waals surface area contributed by atoms with Crippen LogP contribution in [-0.4, -0.2) is 24.3 Å². The molecule has 2 heteroatoms. The van der Waals surface area contributed by atoms with E-state index >= 15 is 0 Å². The maximum absolute atomic E-state index is 6.16. The average Bonchev–Trinajstić information content (AvgIpc) is 2.62. The van der Waals surface area contributed by atoms with E-state index in [1.807, 2.05) is 0 Å². The van der Waals surface area contributed by atoms with Crippen LogP contribution in [0, 0.1) is 11.8 Å². The van der Waals surface area contributed by atoms with E-state index in [1.54, 1.807) is 0 Å². The van der Waals surface area contributed by atoms with E-state index in [0.29, 0.717) is 12.1 Å². The Labute approximate surface area is 114 Å². The van der Waals surface area contributed by atoms with Gasteiger partial charge in [0.2, 0.25) is 0 Å². The molecule has 108 valence electrons. The number of hydrogen-bond donors (Lipinski definition) is 1. The molecule has 2 nitrogen and oxygen atoms in total. The van der Waals surface area contributed by atoms with E-state index < -0.39 is 0 Å². The minimum absolute atomic E-state index is 0.103. The van der Waals surface area contributed by atoms with Gasteiger partial charge in [0.25, 0.3) is 0 Å². The quantitative estimate of drug-likeness (QED) is 0.742. The van der Waals surface area contributed by atoms with Gasteiger partial charge in [-0.3, -0.25) is 0 Å². The Morgan fingerprint density at radius 1 is 1.28 bits per heavy atom. The monoisotopic (exact) mass is 255 g/mol. The van der Waals surface area contributed by atoms with E-state index in [9.17, 15) is 0 Å². The van der Waals surface area contributed by atoms with E-state index in [4.69, 9.17) is 4.74 Å². The second-order valence-electron chi connectivity index (χ2n) is 6.92. The lowest BCUT2D eigenvalue weighted by molar-refractivity contribution is -0.0294. The molecule has 0 aromatic carbocycles. The third-order valence-corrected chi connectivity index (χ3v) is 4.30. The van der Waals surface area contributed by atoms with Crippen LogP contribution in [0.2, 0.25) is 0 Å². The third kappa shape index (κ3) is 4.89. The molecule has 1 aliphatic heterocycles. The van der Waals surface area contributed by atoms with Crippen molar-refractivity contribution in [2.24, 2.45) is 11.8 Å². The van der Waals surface area contributed by atoms with E-state index in [1.165, 1.54) is 25.7 Å². The Kier molecular flexibility index (Phi) is 6.13. The maximum atomic E-state index is 6.16. The van der Waals surface area contributed by atoms with Crippen molar-refractivity contribution in [3.05, 3.63) is 0 Å². The molecule has 0 aromatic heterocycles. The molecular formula is C16H33NO. The Balaban J connectivity index is 2.48. The van der Waals surface area contributed by atoms with Gasteiger partial charge in [0, 0.05) is 6.04 Å². The predicted molar refractivity (Wildman–Crippen MR) is 78.9 cm³/mol. The number of hydrogen-bond acceptors (Lipinski definition) is 2. The van der Waals surface area contributed by atoms with Crippen molar-refractivity contribution in [1.29, 1.82) is 0 Å². The van der Waals surface area contributed by atoms with Crippen molar-refractivity contribution < 1.29 is 4.74 Å². The molecule has 0 amide bonds. The molecule has 0 saturated carbocycles. The highest BCUT2D eigenvalue weighted by Crippen LogP contribution is 2.34. The van der Waals surface area contributed by atoms with Crippen LogP contribution in [0.4, 0.5) is 0 Å². The molecule has 0 bridgehead atoms. The Morgan fingerprint density at radius 2 is 1.94 bits per heavy atom. The summed E-state index contributed by atoms with van der Waals surface area (Å²) < 4.78 is 6.16. The fourth-order valence-corrected chi connectivity index (χ4v) is 3.12. The van der Waals surface area contributed by atoms with Crippen molar-refractivity contribution >= 4 is 0 Å².